The Morgan fingerprint density at radius 3 is 2.81 bits per heavy atom. The molecule has 6 nitrogen and oxygen atoms in total. The number of aromatic nitrogens is 2. The Hall–Kier alpha value is -1.70. The quantitative estimate of drug-likeness (QED) is 0.810. The summed E-state index contributed by atoms with van der Waals surface area (Å²) in [7, 11) is 0. The second-order valence-corrected chi connectivity index (χ2v) is 8.03. The van der Waals surface area contributed by atoms with E-state index in [9.17, 15) is 4.79 Å². The van der Waals surface area contributed by atoms with Crippen molar-refractivity contribution in [2.45, 2.75) is 38.1 Å². The van der Waals surface area contributed by atoms with Crippen LogP contribution in [-0.2, 0) is 9.47 Å². The van der Waals surface area contributed by atoms with Crippen LogP contribution in [0.15, 0.2) is 34.8 Å². The minimum absolute atomic E-state index is 0.0133. The molecule has 2 fully saturated rings. The molecule has 0 bridgehead atoms. The van der Waals surface area contributed by atoms with Crippen LogP contribution in [0, 0.1) is 0 Å². The third-order valence-corrected chi connectivity index (χ3v) is 5.77. The van der Waals surface area contributed by atoms with Gasteiger partial charge in [0.15, 0.2) is 0 Å². The van der Waals surface area contributed by atoms with Crippen LogP contribution in [0.3, 0.4) is 0 Å². The molecule has 2 saturated heterocycles. The van der Waals surface area contributed by atoms with Gasteiger partial charge in [-0.25, -0.2) is 0 Å². The topological polar surface area (TPSA) is 67.5 Å². The van der Waals surface area contributed by atoms with Gasteiger partial charge in [-0.05, 0) is 32.0 Å². The molecule has 0 saturated carbocycles. The van der Waals surface area contributed by atoms with Crippen LogP contribution in [0.4, 0.5) is 0 Å². The second kappa shape index (κ2) is 6.79. The number of hydrogen-bond donors (Lipinski definition) is 1. The Bertz CT molecular complexity index is 807. The average Bonchev–Trinajstić information content (AvgIpc) is 3.23. The summed E-state index contributed by atoms with van der Waals surface area (Å²) in [5.41, 5.74) is 1.82. The molecular weight excluding hydrogens is 398 g/mol. The predicted octanol–water partition coefficient (Wildman–Crippen LogP) is 3.25. The summed E-state index contributed by atoms with van der Waals surface area (Å²) < 4.78 is 12.9. The Morgan fingerprint density at radius 1 is 1.35 bits per heavy atom. The van der Waals surface area contributed by atoms with Gasteiger partial charge in [-0.3, -0.25) is 9.89 Å². The number of nitrogens with one attached hydrogen (secondary N) is 1. The summed E-state index contributed by atoms with van der Waals surface area (Å²) >= 11 is 3.43. The van der Waals surface area contributed by atoms with Crippen molar-refractivity contribution >= 4 is 21.8 Å². The fourth-order valence-corrected chi connectivity index (χ4v) is 4.09. The molecule has 3 heterocycles. The Balaban J connectivity index is 1.55. The highest BCUT2D eigenvalue weighted by Crippen LogP contribution is 2.35. The van der Waals surface area contributed by atoms with E-state index in [4.69, 9.17) is 9.47 Å². The van der Waals surface area contributed by atoms with Gasteiger partial charge in [-0.1, -0.05) is 28.1 Å². The van der Waals surface area contributed by atoms with Gasteiger partial charge in [0.2, 0.25) is 0 Å². The summed E-state index contributed by atoms with van der Waals surface area (Å²) in [6.07, 6.45) is 0.779. The molecule has 26 heavy (non-hydrogen) atoms. The van der Waals surface area contributed by atoms with Crippen LogP contribution < -0.4 is 0 Å². The van der Waals surface area contributed by atoms with Crippen molar-refractivity contribution in [1.29, 1.82) is 0 Å². The zero-order valence-corrected chi connectivity index (χ0v) is 16.5. The number of amides is 1. The van der Waals surface area contributed by atoms with E-state index in [0.717, 1.165) is 22.2 Å². The summed E-state index contributed by atoms with van der Waals surface area (Å²) in [5.74, 6) is -0.0468. The van der Waals surface area contributed by atoms with E-state index in [2.05, 4.69) is 26.1 Å². The Labute approximate surface area is 161 Å². The lowest BCUT2D eigenvalue weighted by Gasteiger charge is -2.44. The molecule has 0 radical (unpaired) electrons. The molecule has 1 amide bonds. The SMILES string of the molecule is C[C@@H]1CN(C(=O)c2cc(-c3ccc(Br)cc3)n[nH]2)C[C@]2(CCO[C@@H]2C)O1. The molecule has 2 aliphatic rings. The van der Waals surface area contributed by atoms with E-state index in [1.807, 2.05) is 49.1 Å². The van der Waals surface area contributed by atoms with Gasteiger partial charge >= 0.3 is 0 Å². The molecule has 3 atom stereocenters. The number of nitrogens with zero attached hydrogens (tertiary/aromatic N) is 2. The molecule has 4 rings (SSSR count). The molecule has 7 heteroatoms. The molecule has 1 aromatic carbocycles. The zero-order chi connectivity index (χ0) is 18.3. The summed E-state index contributed by atoms with van der Waals surface area (Å²) in [6, 6.07) is 9.67. The number of carbonyl (C=O) groups is 1. The maximum atomic E-state index is 13.0. The molecule has 1 spiro atoms. The van der Waals surface area contributed by atoms with E-state index >= 15 is 0 Å². The van der Waals surface area contributed by atoms with E-state index in [0.29, 0.717) is 25.4 Å². The van der Waals surface area contributed by atoms with Gasteiger partial charge in [0, 0.05) is 29.6 Å². The van der Waals surface area contributed by atoms with Crippen LogP contribution in [-0.4, -0.2) is 58.5 Å². The molecule has 138 valence electrons. The van der Waals surface area contributed by atoms with Gasteiger partial charge in [-0.15, -0.1) is 0 Å². The number of carbonyl (C=O) groups excluding carboxylic acids is 1. The first-order valence-corrected chi connectivity index (χ1v) is 9.66. The maximum Gasteiger partial charge on any atom is 0.272 e. The first kappa shape index (κ1) is 17.7. The highest BCUT2D eigenvalue weighted by atomic mass is 79.9. The van der Waals surface area contributed by atoms with Crippen molar-refractivity contribution in [2.24, 2.45) is 0 Å². The number of H-pyrrole nitrogens is 1. The summed E-state index contributed by atoms with van der Waals surface area (Å²) in [5, 5.41) is 7.21. The van der Waals surface area contributed by atoms with Crippen molar-refractivity contribution in [2.75, 3.05) is 19.7 Å². The number of rotatable bonds is 2. The largest absolute Gasteiger partial charge is 0.375 e. The fraction of sp³-hybridized carbons (Fsp3) is 0.474. The molecule has 1 aromatic heterocycles. The number of benzene rings is 1. The maximum absolute atomic E-state index is 13.0. The molecule has 2 aliphatic heterocycles. The van der Waals surface area contributed by atoms with Crippen molar-refractivity contribution in [1.82, 2.24) is 15.1 Å². The molecule has 1 N–H and O–H groups in total. The van der Waals surface area contributed by atoms with E-state index < -0.39 is 5.60 Å². The molecule has 0 aliphatic carbocycles. The van der Waals surface area contributed by atoms with Crippen LogP contribution in [0.25, 0.3) is 11.3 Å². The van der Waals surface area contributed by atoms with Crippen molar-refractivity contribution < 1.29 is 14.3 Å². The minimum Gasteiger partial charge on any atom is -0.375 e. The van der Waals surface area contributed by atoms with Crippen LogP contribution in [0.5, 0.6) is 0 Å². The lowest BCUT2D eigenvalue weighted by molar-refractivity contribution is -0.160. The first-order valence-electron chi connectivity index (χ1n) is 8.87. The molecule has 0 unspecified atom stereocenters. The van der Waals surface area contributed by atoms with Crippen LogP contribution in [0.1, 0.15) is 30.8 Å². The normalized spacial score (nSPS) is 28.7. The highest BCUT2D eigenvalue weighted by Gasteiger charge is 2.49. The Kier molecular flexibility index (Phi) is 4.62. The van der Waals surface area contributed by atoms with Crippen molar-refractivity contribution in [3.8, 4) is 11.3 Å². The highest BCUT2D eigenvalue weighted by molar-refractivity contribution is 9.10. The molecule has 2 aromatic rings. The summed E-state index contributed by atoms with van der Waals surface area (Å²) in [6.45, 7) is 5.82. The third kappa shape index (κ3) is 3.19. The number of ether oxygens (including phenoxy) is 2. The van der Waals surface area contributed by atoms with Gasteiger partial charge in [0.05, 0.1) is 24.4 Å². The minimum atomic E-state index is -0.401. The predicted molar refractivity (Wildman–Crippen MR) is 101 cm³/mol. The smallest absolute Gasteiger partial charge is 0.272 e. The fourth-order valence-electron chi connectivity index (χ4n) is 3.82. The Morgan fingerprint density at radius 2 is 2.12 bits per heavy atom. The van der Waals surface area contributed by atoms with Gasteiger partial charge in [0.25, 0.3) is 5.91 Å². The van der Waals surface area contributed by atoms with Crippen molar-refractivity contribution in [3.05, 3.63) is 40.5 Å². The lowest BCUT2D eigenvalue weighted by atomic mass is 9.93. The number of halogens is 1. The number of hydrogen-bond acceptors (Lipinski definition) is 4. The van der Waals surface area contributed by atoms with Crippen molar-refractivity contribution in [3.63, 3.8) is 0 Å². The van der Waals surface area contributed by atoms with E-state index in [-0.39, 0.29) is 18.1 Å². The standard InChI is InChI=1S/C19H22BrN3O3/c1-12-10-23(11-19(26-12)7-8-25-13(19)2)18(24)17-9-16(21-22-17)14-3-5-15(20)6-4-14/h3-6,9,12-13H,7-8,10-11H2,1-2H3,(H,21,22)/t12-,13-,19+/m1/s1. The van der Waals surface area contributed by atoms with Crippen LogP contribution in [0.2, 0.25) is 0 Å². The number of morpholine rings is 1. The van der Waals surface area contributed by atoms with Gasteiger partial charge in [-0.2, -0.15) is 5.10 Å². The lowest BCUT2D eigenvalue weighted by Crippen LogP contribution is -2.59. The van der Waals surface area contributed by atoms with Gasteiger partial charge in [0.1, 0.15) is 11.3 Å². The van der Waals surface area contributed by atoms with E-state index in [1.54, 1.807) is 0 Å². The third-order valence-electron chi connectivity index (χ3n) is 5.24. The first-order chi connectivity index (χ1) is 12.5. The average molecular weight is 420 g/mol. The monoisotopic (exact) mass is 419 g/mol. The van der Waals surface area contributed by atoms with Gasteiger partial charge < -0.3 is 14.4 Å². The zero-order valence-electron chi connectivity index (χ0n) is 14.9. The molecular formula is C19H22BrN3O3. The second-order valence-electron chi connectivity index (χ2n) is 7.12. The summed E-state index contributed by atoms with van der Waals surface area (Å²) in [4.78, 5) is 14.9. The van der Waals surface area contributed by atoms with E-state index in [1.165, 1.54) is 0 Å². The number of aromatic amines is 1. The van der Waals surface area contributed by atoms with Crippen LogP contribution >= 0.6 is 15.9 Å².